The van der Waals surface area contributed by atoms with Gasteiger partial charge in [0.2, 0.25) is 0 Å². The lowest BCUT2D eigenvalue weighted by Gasteiger charge is -2.01. The van der Waals surface area contributed by atoms with E-state index in [-0.39, 0.29) is 0 Å². The molecule has 0 aliphatic heterocycles. The molecule has 5 heteroatoms. The number of hydrogen-bond donors (Lipinski definition) is 1. The van der Waals surface area contributed by atoms with Crippen LogP contribution in [-0.4, -0.2) is 16.2 Å². The van der Waals surface area contributed by atoms with Crippen LogP contribution in [0.3, 0.4) is 0 Å². The summed E-state index contributed by atoms with van der Waals surface area (Å²) in [5, 5.41) is 6.78. The van der Waals surface area contributed by atoms with Crippen molar-refractivity contribution in [3.05, 3.63) is 47.2 Å². The average molecular weight is 223 g/mol. The number of carbonyl (C=O) groups is 1. The fraction of sp³-hybridized carbons (Fsp3) is 0. The summed E-state index contributed by atoms with van der Waals surface area (Å²) in [6.07, 6.45) is 2.87. The van der Waals surface area contributed by atoms with Gasteiger partial charge in [0.25, 0.3) is 0 Å². The number of H-pyrrole nitrogens is 1. The Morgan fingerprint density at radius 2 is 2.07 bits per heavy atom. The molecule has 0 spiro atoms. The quantitative estimate of drug-likeness (QED) is 0.627. The minimum atomic E-state index is -0.453. The molecule has 4 nitrogen and oxygen atoms in total. The van der Waals surface area contributed by atoms with Gasteiger partial charge in [-0.15, -0.1) is 0 Å². The molecule has 0 saturated heterocycles. The molecule has 0 saturated carbocycles. The highest BCUT2D eigenvalue weighted by Gasteiger charge is 2.08. The number of halogens is 1. The number of nitrogens with one attached hydrogen (secondary N) is 1. The Balaban J connectivity index is 2.09. The second-order valence-electron chi connectivity index (χ2n) is 2.83. The van der Waals surface area contributed by atoms with E-state index in [0.29, 0.717) is 16.3 Å². The van der Waals surface area contributed by atoms with Gasteiger partial charge < -0.3 is 4.74 Å². The lowest BCUT2D eigenvalue weighted by atomic mass is 10.3. The van der Waals surface area contributed by atoms with Gasteiger partial charge >= 0.3 is 5.97 Å². The first-order chi connectivity index (χ1) is 7.25. The Morgan fingerprint density at radius 1 is 1.33 bits per heavy atom. The SMILES string of the molecule is O=C(Oc1ccc(Cl)cc1)c1cn[nH]c1. The zero-order chi connectivity index (χ0) is 10.7. The topological polar surface area (TPSA) is 55.0 Å². The molecule has 1 heterocycles. The first-order valence-electron chi connectivity index (χ1n) is 4.22. The van der Waals surface area contributed by atoms with Gasteiger partial charge in [-0.25, -0.2) is 4.79 Å². The van der Waals surface area contributed by atoms with Gasteiger partial charge in [0.1, 0.15) is 5.75 Å². The maximum atomic E-state index is 11.4. The number of rotatable bonds is 2. The minimum absolute atomic E-state index is 0.380. The van der Waals surface area contributed by atoms with Crippen molar-refractivity contribution < 1.29 is 9.53 Å². The third-order valence-electron chi connectivity index (χ3n) is 1.76. The van der Waals surface area contributed by atoms with Gasteiger partial charge in [-0.05, 0) is 24.3 Å². The van der Waals surface area contributed by atoms with Crippen LogP contribution in [0.4, 0.5) is 0 Å². The van der Waals surface area contributed by atoms with E-state index in [1.165, 1.54) is 12.4 Å². The van der Waals surface area contributed by atoms with Gasteiger partial charge in [-0.1, -0.05) is 11.6 Å². The van der Waals surface area contributed by atoms with Gasteiger partial charge in [0.15, 0.2) is 0 Å². The number of benzene rings is 1. The molecule has 2 aromatic rings. The van der Waals surface area contributed by atoms with Crippen LogP contribution >= 0.6 is 11.6 Å². The van der Waals surface area contributed by atoms with E-state index >= 15 is 0 Å². The van der Waals surface area contributed by atoms with Crippen molar-refractivity contribution >= 4 is 17.6 Å². The number of carbonyl (C=O) groups excluding carboxylic acids is 1. The summed E-state index contributed by atoms with van der Waals surface area (Å²) in [6.45, 7) is 0. The van der Waals surface area contributed by atoms with E-state index in [4.69, 9.17) is 16.3 Å². The maximum absolute atomic E-state index is 11.4. The second kappa shape index (κ2) is 4.14. The Labute approximate surface area is 90.8 Å². The molecule has 0 atom stereocenters. The molecule has 1 aromatic heterocycles. The van der Waals surface area contributed by atoms with Crippen molar-refractivity contribution in [3.8, 4) is 5.75 Å². The van der Waals surface area contributed by atoms with Crippen molar-refractivity contribution in [2.45, 2.75) is 0 Å². The number of hydrogen-bond acceptors (Lipinski definition) is 3. The molecular formula is C10H7ClN2O2. The zero-order valence-electron chi connectivity index (χ0n) is 7.61. The Morgan fingerprint density at radius 3 is 2.67 bits per heavy atom. The fourth-order valence-corrected chi connectivity index (χ4v) is 1.16. The van der Waals surface area contributed by atoms with Crippen molar-refractivity contribution in [1.82, 2.24) is 10.2 Å². The highest BCUT2D eigenvalue weighted by Crippen LogP contribution is 2.16. The van der Waals surface area contributed by atoms with Crippen LogP contribution in [0.2, 0.25) is 5.02 Å². The molecule has 15 heavy (non-hydrogen) atoms. The summed E-state index contributed by atoms with van der Waals surface area (Å²) >= 11 is 5.69. The summed E-state index contributed by atoms with van der Waals surface area (Å²) < 4.78 is 5.06. The van der Waals surface area contributed by atoms with E-state index in [2.05, 4.69) is 10.2 Å². The lowest BCUT2D eigenvalue weighted by Crippen LogP contribution is -2.06. The summed E-state index contributed by atoms with van der Waals surface area (Å²) in [5.74, 6) is -0.00308. The number of aromatic nitrogens is 2. The molecule has 0 bridgehead atoms. The van der Waals surface area contributed by atoms with E-state index in [9.17, 15) is 4.79 Å². The molecule has 0 aliphatic rings. The molecule has 0 radical (unpaired) electrons. The monoisotopic (exact) mass is 222 g/mol. The van der Waals surface area contributed by atoms with Gasteiger partial charge in [-0.3, -0.25) is 5.10 Å². The second-order valence-corrected chi connectivity index (χ2v) is 3.27. The van der Waals surface area contributed by atoms with Gasteiger partial charge in [0, 0.05) is 11.2 Å². The number of ether oxygens (including phenoxy) is 1. The summed E-state index contributed by atoms with van der Waals surface area (Å²) in [4.78, 5) is 11.4. The number of nitrogens with zero attached hydrogens (tertiary/aromatic N) is 1. The van der Waals surface area contributed by atoms with Crippen LogP contribution in [0, 0.1) is 0 Å². The fourth-order valence-electron chi connectivity index (χ4n) is 1.03. The number of esters is 1. The third kappa shape index (κ3) is 2.35. The van der Waals surface area contributed by atoms with Crippen LogP contribution < -0.4 is 4.74 Å². The Kier molecular flexibility index (Phi) is 2.69. The van der Waals surface area contributed by atoms with Crippen molar-refractivity contribution in [2.24, 2.45) is 0 Å². The van der Waals surface area contributed by atoms with E-state index in [1.807, 2.05) is 0 Å². The van der Waals surface area contributed by atoms with E-state index in [1.54, 1.807) is 24.3 Å². The average Bonchev–Trinajstić information content (AvgIpc) is 2.74. The van der Waals surface area contributed by atoms with Crippen molar-refractivity contribution in [2.75, 3.05) is 0 Å². The van der Waals surface area contributed by atoms with Crippen molar-refractivity contribution in [3.63, 3.8) is 0 Å². The van der Waals surface area contributed by atoms with Crippen LogP contribution in [0.1, 0.15) is 10.4 Å². The van der Waals surface area contributed by atoms with Crippen LogP contribution in [0.25, 0.3) is 0 Å². The molecule has 0 fully saturated rings. The van der Waals surface area contributed by atoms with E-state index < -0.39 is 5.97 Å². The third-order valence-corrected chi connectivity index (χ3v) is 2.01. The molecule has 0 aliphatic carbocycles. The highest BCUT2D eigenvalue weighted by molar-refractivity contribution is 6.30. The number of aromatic amines is 1. The van der Waals surface area contributed by atoms with Crippen LogP contribution in [-0.2, 0) is 0 Å². The summed E-state index contributed by atoms with van der Waals surface area (Å²) in [6, 6.07) is 6.56. The predicted molar refractivity (Wildman–Crippen MR) is 55.0 cm³/mol. The van der Waals surface area contributed by atoms with Crippen molar-refractivity contribution in [1.29, 1.82) is 0 Å². The largest absolute Gasteiger partial charge is 0.423 e. The smallest absolute Gasteiger partial charge is 0.346 e. The first-order valence-corrected chi connectivity index (χ1v) is 4.60. The van der Waals surface area contributed by atoms with Gasteiger partial charge in [0.05, 0.1) is 11.8 Å². The normalized spacial score (nSPS) is 9.93. The molecule has 76 valence electrons. The molecule has 1 N–H and O–H groups in total. The molecule has 1 aromatic carbocycles. The molecule has 2 rings (SSSR count). The van der Waals surface area contributed by atoms with E-state index in [0.717, 1.165) is 0 Å². The molecule has 0 unspecified atom stereocenters. The molecule has 0 amide bonds. The standard InChI is InChI=1S/C10H7ClN2O2/c11-8-1-3-9(4-2-8)15-10(14)7-5-12-13-6-7/h1-6H,(H,12,13). The molecular weight excluding hydrogens is 216 g/mol. The Hall–Kier alpha value is -1.81. The summed E-state index contributed by atoms with van der Waals surface area (Å²) in [7, 11) is 0. The summed E-state index contributed by atoms with van der Waals surface area (Å²) in [5.41, 5.74) is 0.380. The highest BCUT2D eigenvalue weighted by atomic mass is 35.5. The van der Waals surface area contributed by atoms with Crippen LogP contribution in [0.5, 0.6) is 5.75 Å². The van der Waals surface area contributed by atoms with Gasteiger partial charge in [-0.2, -0.15) is 5.10 Å². The van der Waals surface area contributed by atoms with Crippen LogP contribution in [0.15, 0.2) is 36.7 Å². The maximum Gasteiger partial charge on any atom is 0.346 e. The first kappa shape index (κ1) is 9.73. The lowest BCUT2D eigenvalue weighted by molar-refractivity contribution is 0.0735. The Bertz CT molecular complexity index is 451. The predicted octanol–water partition coefficient (Wildman–Crippen LogP) is 2.28. The minimum Gasteiger partial charge on any atom is -0.423 e. The zero-order valence-corrected chi connectivity index (χ0v) is 8.36.